The predicted octanol–water partition coefficient (Wildman–Crippen LogP) is 16.0. The third-order valence-corrected chi connectivity index (χ3v) is 14.4. The molecule has 0 aliphatic carbocycles. The van der Waals surface area contributed by atoms with Crippen molar-refractivity contribution in [2.24, 2.45) is 0 Å². The van der Waals surface area contributed by atoms with Crippen molar-refractivity contribution in [3.63, 3.8) is 0 Å². The maximum Gasteiger partial charge on any atom is 0.187 e. The van der Waals surface area contributed by atoms with Gasteiger partial charge in [-0.25, -0.2) is 4.85 Å². The van der Waals surface area contributed by atoms with E-state index >= 15 is 0 Å². The molecule has 0 aliphatic heterocycles. The Labute approximate surface area is 365 Å². The Morgan fingerprint density at radius 1 is 0.492 bits per heavy atom. The Kier molecular flexibility index (Phi) is 8.73. The minimum atomic E-state index is -1.54. The van der Waals surface area contributed by atoms with Gasteiger partial charge in [0.15, 0.2) is 5.69 Å². The summed E-state index contributed by atoms with van der Waals surface area (Å²) in [5.41, 5.74) is 11.4. The molecule has 300 valence electrons. The van der Waals surface area contributed by atoms with Crippen LogP contribution in [0.5, 0.6) is 0 Å². The van der Waals surface area contributed by atoms with Gasteiger partial charge in [-0.1, -0.05) is 115 Å². The van der Waals surface area contributed by atoms with Gasteiger partial charge < -0.3 is 18.6 Å². The van der Waals surface area contributed by atoms with Crippen molar-refractivity contribution in [1.82, 2.24) is 0 Å². The van der Waals surface area contributed by atoms with E-state index < -0.39 is 8.07 Å². The minimum Gasteiger partial charge on any atom is -0.456 e. The molecular formula is C56H40N4O2Si. The molecule has 7 heteroatoms. The topological polar surface area (TPSA) is 60.9 Å². The standard InChI is InChI=1S/C56H40N4O2Si/c1-35-14-20-38(21-15-35)59(40-24-18-37(58-2)19-25-40)49-32-53-55(45-12-8-6-10-43(45)49)47-30-52-48(31-51(47)61-53)56-46-13-9-7-11-44(46)50(33-54(56)62-52)60(39-22-16-36(34-57)17-23-39)41-26-28-42(29-27-41)63(3,4)5/h6-33H,1,3-5H3. The van der Waals surface area contributed by atoms with Gasteiger partial charge in [0.2, 0.25) is 0 Å². The first kappa shape index (κ1) is 37.9. The first-order valence-electron chi connectivity index (χ1n) is 21.1. The summed E-state index contributed by atoms with van der Waals surface area (Å²) in [6.45, 7) is 16.7. The van der Waals surface area contributed by atoms with E-state index in [0.29, 0.717) is 11.3 Å². The number of nitriles is 1. The fraction of sp³-hybridized carbons (Fsp3) is 0.0714. The molecule has 11 aromatic rings. The number of fused-ring (bicyclic) bond motifs is 10. The molecule has 0 N–H and O–H groups in total. The molecule has 0 amide bonds. The highest BCUT2D eigenvalue weighted by Crippen LogP contribution is 2.48. The Hall–Kier alpha value is -8.10. The Balaban J connectivity index is 1.13. The summed E-state index contributed by atoms with van der Waals surface area (Å²) < 4.78 is 13.8. The number of rotatable bonds is 7. The van der Waals surface area contributed by atoms with Gasteiger partial charge in [0, 0.05) is 67.2 Å². The summed E-state index contributed by atoms with van der Waals surface area (Å²) in [6.07, 6.45) is 0. The molecule has 11 rings (SSSR count). The zero-order valence-corrected chi connectivity index (χ0v) is 36.3. The Morgan fingerprint density at radius 3 is 1.33 bits per heavy atom. The van der Waals surface area contributed by atoms with Crippen LogP contribution in [-0.4, -0.2) is 8.07 Å². The molecule has 0 bridgehead atoms. The van der Waals surface area contributed by atoms with E-state index in [0.717, 1.165) is 99.5 Å². The molecule has 0 aliphatic rings. The van der Waals surface area contributed by atoms with E-state index in [1.807, 2.05) is 48.5 Å². The van der Waals surface area contributed by atoms with E-state index in [1.165, 1.54) is 10.8 Å². The zero-order chi connectivity index (χ0) is 43.0. The molecule has 0 fully saturated rings. The molecular weight excluding hydrogens is 789 g/mol. The molecule has 0 unspecified atom stereocenters. The SMILES string of the molecule is [C-]#[N+]c1ccc(N(c2ccc(C)cc2)c2cc3oc4cc5c(cc4c3c3ccccc23)oc2cc(N(c3ccc(C#N)cc3)c3ccc([Si](C)(C)C)cc3)c3ccccc3c25)cc1. The first-order valence-corrected chi connectivity index (χ1v) is 24.6. The van der Waals surface area contributed by atoms with Gasteiger partial charge in [-0.05, 0) is 90.5 Å². The molecule has 9 aromatic carbocycles. The molecule has 0 atom stereocenters. The Morgan fingerprint density at radius 2 is 0.905 bits per heavy atom. The van der Waals surface area contributed by atoms with Crippen LogP contribution in [0.4, 0.5) is 39.8 Å². The van der Waals surface area contributed by atoms with E-state index in [-0.39, 0.29) is 0 Å². The molecule has 63 heavy (non-hydrogen) atoms. The van der Waals surface area contributed by atoms with Gasteiger partial charge >= 0.3 is 0 Å². The fourth-order valence-electron chi connectivity index (χ4n) is 9.13. The second kappa shape index (κ2) is 14.5. The number of nitrogens with zero attached hydrogens (tertiary/aromatic N) is 4. The van der Waals surface area contributed by atoms with Crippen LogP contribution in [0.15, 0.2) is 179 Å². The van der Waals surface area contributed by atoms with Crippen LogP contribution < -0.4 is 15.0 Å². The number of benzene rings is 9. The largest absolute Gasteiger partial charge is 0.456 e. The van der Waals surface area contributed by atoms with Crippen LogP contribution >= 0.6 is 0 Å². The normalized spacial score (nSPS) is 11.8. The first-order chi connectivity index (χ1) is 30.7. The van der Waals surface area contributed by atoms with Crippen molar-refractivity contribution in [1.29, 1.82) is 5.26 Å². The lowest BCUT2D eigenvalue weighted by molar-refractivity contribution is 0.664. The average Bonchev–Trinajstić information content (AvgIpc) is 3.86. The van der Waals surface area contributed by atoms with Gasteiger partial charge in [-0.15, -0.1) is 0 Å². The van der Waals surface area contributed by atoms with Crippen molar-refractivity contribution < 1.29 is 8.83 Å². The highest BCUT2D eigenvalue weighted by Gasteiger charge is 2.25. The van der Waals surface area contributed by atoms with Crippen LogP contribution in [0, 0.1) is 24.8 Å². The summed E-state index contributed by atoms with van der Waals surface area (Å²) in [7, 11) is -1.54. The fourth-order valence-corrected chi connectivity index (χ4v) is 10.3. The highest BCUT2D eigenvalue weighted by molar-refractivity contribution is 6.88. The quantitative estimate of drug-likeness (QED) is 0.118. The lowest BCUT2D eigenvalue weighted by Crippen LogP contribution is -2.37. The zero-order valence-electron chi connectivity index (χ0n) is 35.3. The van der Waals surface area contributed by atoms with Crippen LogP contribution in [0.2, 0.25) is 19.6 Å². The number of hydrogen-bond acceptors (Lipinski definition) is 5. The number of hydrogen-bond donors (Lipinski definition) is 0. The molecule has 2 heterocycles. The predicted molar refractivity (Wildman–Crippen MR) is 264 cm³/mol. The molecule has 0 saturated heterocycles. The summed E-state index contributed by atoms with van der Waals surface area (Å²) in [6, 6.07) is 60.9. The number of furan rings is 2. The molecule has 6 nitrogen and oxygen atoms in total. The van der Waals surface area contributed by atoms with Crippen molar-refractivity contribution >= 4 is 118 Å². The summed E-state index contributed by atoms with van der Waals surface area (Å²) in [4.78, 5) is 8.16. The van der Waals surface area contributed by atoms with E-state index in [9.17, 15) is 5.26 Å². The summed E-state index contributed by atoms with van der Waals surface area (Å²) in [5.74, 6) is 0. The van der Waals surface area contributed by atoms with Crippen LogP contribution in [0.3, 0.4) is 0 Å². The molecule has 0 saturated carbocycles. The summed E-state index contributed by atoms with van der Waals surface area (Å²) >= 11 is 0. The number of anilines is 6. The maximum atomic E-state index is 9.66. The van der Waals surface area contributed by atoms with Crippen molar-refractivity contribution in [3.05, 3.63) is 192 Å². The highest BCUT2D eigenvalue weighted by atomic mass is 28.3. The van der Waals surface area contributed by atoms with Crippen LogP contribution in [0.1, 0.15) is 11.1 Å². The monoisotopic (exact) mass is 828 g/mol. The van der Waals surface area contributed by atoms with Gasteiger partial charge in [0.05, 0.1) is 37.7 Å². The van der Waals surface area contributed by atoms with Gasteiger partial charge in [0.1, 0.15) is 22.3 Å². The van der Waals surface area contributed by atoms with E-state index in [1.54, 1.807) is 0 Å². The lowest BCUT2D eigenvalue weighted by atomic mass is 9.98. The number of aryl methyl sites for hydroxylation is 1. The van der Waals surface area contributed by atoms with Gasteiger partial charge in [-0.3, -0.25) is 0 Å². The maximum absolute atomic E-state index is 9.66. The second-order valence-corrected chi connectivity index (χ2v) is 22.3. The molecule has 0 spiro atoms. The Bertz CT molecular complexity index is 3680. The molecule has 0 radical (unpaired) electrons. The van der Waals surface area contributed by atoms with Crippen LogP contribution in [-0.2, 0) is 0 Å². The van der Waals surface area contributed by atoms with Crippen molar-refractivity contribution in [2.45, 2.75) is 26.6 Å². The van der Waals surface area contributed by atoms with Gasteiger partial charge in [0.25, 0.3) is 0 Å². The van der Waals surface area contributed by atoms with E-state index in [2.05, 4.69) is 169 Å². The van der Waals surface area contributed by atoms with E-state index in [4.69, 9.17) is 15.4 Å². The minimum absolute atomic E-state index is 0.594. The van der Waals surface area contributed by atoms with Crippen LogP contribution in [0.25, 0.3) is 70.3 Å². The summed E-state index contributed by atoms with van der Waals surface area (Å²) in [5, 5.41) is 19.4. The van der Waals surface area contributed by atoms with Crippen molar-refractivity contribution in [3.8, 4) is 6.07 Å². The second-order valence-electron chi connectivity index (χ2n) is 17.3. The third-order valence-electron chi connectivity index (χ3n) is 12.3. The third kappa shape index (κ3) is 6.29. The smallest absolute Gasteiger partial charge is 0.187 e. The molecule has 2 aromatic heterocycles. The lowest BCUT2D eigenvalue weighted by Gasteiger charge is -2.28. The van der Waals surface area contributed by atoms with Crippen molar-refractivity contribution in [2.75, 3.05) is 9.80 Å². The average molecular weight is 829 g/mol. The van der Waals surface area contributed by atoms with Gasteiger partial charge in [-0.2, -0.15) is 5.26 Å².